The molecule has 0 saturated heterocycles. The molecule has 0 amide bonds. The van der Waals surface area contributed by atoms with E-state index in [1.807, 2.05) is 0 Å². The van der Waals surface area contributed by atoms with Gasteiger partial charge in [0.1, 0.15) is 6.10 Å². The van der Waals surface area contributed by atoms with Crippen molar-refractivity contribution in [2.75, 3.05) is 0 Å². The number of esters is 1. The van der Waals surface area contributed by atoms with Crippen LogP contribution in [0.4, 0.5) is 13.2 Å². The topological polar surface area (TPSA) is 26.3 Å². The van der Waals surface area contributed by atoms with Crippen molar-refractivity contribution in [3.8, 4) is 0 Å². The zero-order valence-corrected chi connectivity index (χ0v) is 8.67. The molecular weight excluding hydrogens is 221 g/mol. The first kappa shape index (κ1) is 10.4. The Morgan fingerprint density at radius 2 is 1.75 bits per heavy atom. The van der Waals surface area contributed by atoms with Gasteiger partial charge < -0.3 is 4.74 Å². The zero-order valence-electron chi connectivity index (χ0n) is 8.67. The molecule has 0 aliphatic heterocycles. The summed E-state index contributed by atoms with van der Waals surface area (Å²) >= 11 is 0. The number of ether oxygens (including phenoxy) is 1. The molecule has 5 heteroatoms. The van der Waals surface area contributed by atoms with Crippen LogP contribution in [-0.4, -0.2) is 18.2 Å². The average Bonchev–Trinajstić information content (AvgIpc) is 2.54. The fourth-order valence-electron chi connectivity index (χ4n) is 3.88. The van der Waals surface area contributed by atoms with Gasteiger partial charge in [0.15, 0.2) is 0 Å². The van der Waals surface area contributed by atoms with Gasteiger partial charge in [-0.05, 0) is 49.4 Å². The van der Waals surface area contributed by atoms with Gasteiger partial charge in [-0.15, -0.1) is 0 Å². The summed E-state index contributed by atoms with van der Waals surface area (Å²) in [6, 6.07) is 0. The number of fused-ring (bicyclic) bond motifs is 5. The maximum absolute atomic E-state index is 12.1. The molecule has 2 nitrogen and oxygen atoms in total. The largest absolute Gasteiger partial charge is 0.490 e. The summed E-state index contributed by atoms with van der Waals surface area (Å²) in [5, 5.41) is 0. The number of halogens is 3. The van der Waals surface area contributed by atoms with E-state index in [1.165, 1.54) is 6.42 Å². The van der Waals surface area contributed by atoms with E-state index in [0.717, 1.165) is 12.8 Å². The van der Waals surface area contributed by atoms with Gasteiger partial charge in [-0.1, -0.05) is 0 Å². The van der Waals surface area contributed by atoms with Crippen LogP contribution in [0.2, 0.25) is 0 Å². The first-order valence-electron chi connectivity index (χ1n) is 5.74. The van der Waals surface area contributed by atoms with Gasteiger partial charge in [0.25, 0.3) is 0 Å². The molecule has 2 bridgehead atoms. The van der Waals surface area contributed by atoms with Crippen LogP contribution in [0.1, 0.15) is 25.7 Å². The lowest BCUT2D eigenvalue weighted by atomic mass is 9.65. The molecule has 0 heterocycles. The Hall–Kier alpha value is -0.740. The van der Waals surface area contributed by atoms with Crippen LogP contribution in [0.25, 0.3) is 0 Å². The molecular formula is C11H13F3O2. The zero-order chi connectivity index (χ0) is 11.5. The predicted octanol–water partition coefficient (Wildman–Crippen LogP) is 2.53. The van der Waals surface area contributed by atoms with E-state index < -0.39 is 18.2 Å². The number of hydrogen-bond donors (Lipinski definition) is 0. The molecule has 3 aliphatic rings. The number of alkyl halides is 3. The normalized spacial score (nSPS) is 45.1. The molecule has 0 radical (unpaired) electrons. The van der Waals surface area contributed by atoms with Crippen LogP contribution in [0.3, 0.4) is 0 Å². The monoisotopic (exact) mass is 234 g/mol. The lowest BCUT2D eigenvalue weighted by molar-refractivity contribution is -0.209. The smallest absolute Gasteiger partial charge is 0.455 e. The molecule has 0 spiro atoms. The maximum Gasteiger partial charge on any atom is 0.490 e. The van der Waals surface area contributed by atoms with E-state index in [-0.39, 0.29) is 5.92 Å². The minimum atomic E-state index is -4.85. The first-order valence-corrected chi connectivity index (χ1v) is 5.74. The van der Waals surface area contributed by atoms with Crippen molar-refractivity contribution in [1.29, 1.82) is 0 Å². The fourth-order valence-corrected chi connectivity index (χ4v) is 3.88. The molecule has 3 rings (SSSR count). The van der Waals surface area contributed by atoms with Crippen LogP contribution >= 0.6 is 0 Å². The Morgan fingerprint density at radius 3 is 2.25 bits per heavy atom. The Bertz CT molecular complexity index is 324. The average molecular weight is 234 g/mol. The molecule has 16 heavy (non-hydrogen) atoms. The second-order valence-corrected chi connectivity index (χ2v) is 5.24. The van der Waals surface area contributed by atoms with Gasteiger partial charge in [-0.3, -0.25) is 0 Å². The third kappa shape index (κ3) is 1.36. The van der Waals surface area contributed by atoms with Crippen molar-refractivity contribution in [3.05, 3.63) is 0 Å². The number of carbonyl (C=O) groups excluding carboxylic acids is 1. The predicted molar refractivity (Wildman–Crippen MR) is 48.4 cm³/mol. The van der Waals surface area contributed by atoms with Crippen LogP contribution in [0, 0.1) is 23.7 Å². The lowest BCUT2D eigenvalue weighted by Crippen LogP contribution is -2.41. The van der Waals surface area contributed by atoms with E-state index in [9.17, 15) is 18.0 Å². The summed E-state index contributed by atoms with van der Waals surface area (Å²) in [5.41, 5.74) is 0. The quantitative estimate of drug-likeness (QED) is 0.652. The highest BCUT2D eigenvalue weighted by atomic mass is 19.4. The van der Waals surface area contributed by atoms with Gasteiger partial charge >= 0.3 is 12.1 Å². The van der Waals surface area contributed by atoms with Crippen LogP contribution in [-0.2, 0) is 9.53 Å². The Kier molecular flexibility index (Phi) is 2.04. The highest BCUT2D eigenvalue weighted by Gasteiger charge is 2.58. The van der Waals surface area contributed by atoms with Crippen LogP contribution in [0.15, 0.2) is 0 Å². The highest BCUT2D eigenvalue weighted by Crippen LogP contribution is 2.61. The van der Waals surface area contributed by atoms with Gasteiger partial charge in [0, 0.05) is 0 Å². The second-order valence-electron chi connectivity index (χ2n) is 5.24. The first-order chi connectivity index (χ1) is 7.47. The molecule has 3 fully saturated rings. The Morgan fingerprint density at radius 1 is 1.06 bits per heavy atom. The molecule has 3 aliphatic carbocycles. The van der Waals surface area contributed by atoms with E-state index in [0.29, 0.717) is 24.2 Å². The molecule has 0 aromatic carbocycles. The molecule has 3 saturated carbocycles. The summed E-state index contributed by atoms with van der Waals surface area (Å²) in [6.45, 7) is 0. The van der Waals surface area contributed by atoms with Crippen molar-refractivity contribution < 1.29 is 22.7 Å². The lowest BCUT2D eigenvalue weighted by Gasteiger charge is -2.42. The highest BCUT2D eigenvalue weighted by molar-refractivity contribution is 5.75. The van der Waals surface area contributed by atoms with Crippen molar-refractivity contribution in [1.82, 2.24) is 0 Å². The van der Waals surface area contributed by atoms with E-state index in [4.69, 9.17) is 0 Å². The maximum atomic E-state index is 12.1. The SMILES string of the molecule is O=C(OC1CC2C[C@H]1C1CCC21)C(F)(F)F. The van der Waals surface area contributed by atoms with Crippen LogP contribution in [0.5, 0.6) is 0 Å². The summed E-state index contributed by atoms with van der Waals surface area (Å²) in [5.74, 6) is -0.0543. The molecule has 0 aromatic rings. The molecule has 90 valence electrons. The van der Waals surface area contributed by atoms with Gasteiger partial charge in [-0.25, -0.2) is 4.79 Å². The third-order valence-electron chi connectivity index (χ3n) is 4.62. The van der Waals surface area contributed by atoms with Crippen LogP contribution < -0.4 is 0 Å². The van der Waals surface area contributed by atoms with E-state index in [1.54, 1.807) is 0 Å². The van der Waals surface area contributed by atoms with Crippen molar-refractivity contribution in [2.45, 2.75) is 38.0 Å². The summed E-state index contributed by atoms with van der Waals surface area (Å²) in [7, 11) is 0. The molecule has 4 unspecified atom stereocenters. The van der Waals surface area contributed by atoms with Gasteiger partial charge in [0.2, 0.25) is 0 Å². The van der Waals surface area contributed by atoms with Gasteiger partial charge in [0.05, 0.1) is 0 Å². The molecule has 0 N–H and O–H groups in total. The fraction of sp³-hybridized carbons (Fsp3) is 0.909. The molecule has 5 atom stereocenters. The summed E-state index contributed by atoms with van der Waals surface area (Å²) in [4.78, 5) is 10.8. The second kappa shape index (κ2) is 3.14. The minimum absolute atomic E-state index is 0.204. The third-order valence-corrected chi connectivity index (χ3v) is 4.62. The van der Waals surface area contributed by atoms with E-state index in [2.05, 4.69) is 4.74 Å². The van der Waals surface area contributed by atoms with Gasteiger partial charge in [-0.2, -0.15) is 13.2 Å². The van der Waals surface area contributed by atoms with E-state index >= 15 is 0 Å². The Labute approximate surface area is 91.1 Å². The van der Waals surface area contributed by atoms with Crippen molar-refractivity contribution in [2.24, 2.45) is 23.7 Å². The molecule has 0 aromatic heterocycles. The number of carbonyl (C=O) groups is 1. The summed E-state index contributed by atoms with van der Waals surface area (Å²) < 4.78 is 40.8. The van der Waals surface area contributed by atoms with Crippen molar-refractivity contribution >= 4 is 5.97 Å². The van der Waals surface area contributed by atoms with Crippen molar-refractivity contribution in [3.63, 3.8) is 0 Å². The standard InChI is InChI=1S/C11H13F3O2/c12-11(13,14)10(15)16-9-4-5-3-8(9)7-2-1-6(5)7/h5-9H,1-4H2/t5?,6?,7?,8-,9?/m0/s1. The summed E-state index contributed by atoms with van der Waals surface area (Å²) in [6.07, 6.45) is -1.39. The number of rotatable bonds is 1. The Balaban J connectivity index is 1.64. The number of hydrogen-bond acceptors (Lipinski definition) is 2. The minimum Gasteiger partial charge on any atom is -0.455 e.